The fourth-order valence-corrected chi connectivity index (χ4v) is 4.81. The Morgan fingerprint density at radius 2 is 1.74 bits per heavy atom. The van der Waals surface area contributed by atoms with E-state index in [4.69, 9.17) is 4.74 Å². The maximum Gasteiger partial charge on any atom is 0.242 e. The van der Waals surface area contributed by atoms with E-state index in [0.717, 1.165) is 22.9 Å². The highest BCUT2D eigenvalue weighted by Crippen LogP contribution is 2.22. The van der Waals surface area contributed by atoms with Crippen molar-refractivity contribution in [1.29, 1.82) is 0 Å². The lowest BCUT2D eigenvalue weighted by atomic mass is 10.1. The van der Waals surface area contributed by atoms with Crippen molar-refractivity contribution in [1.82, 2.24) is 10.2 Å². The number of sulfonamides is 1. The van der Waals surface area contributed by atoms with Crippen LogP contribution in [0.15, 0.2) is 42.5 Å². The number of ether oxygens (including phenoxy) is 1. The molecule has 2 amide bonds. The van der Waals surface area contributed by atoms with Crippen LogP contribution in [0, 0.1) is 13.8 Å². The first kappa shape index (κ1) is 27.2. The van der Waals surface area contributed by atoms with E-state index in [1.807, 2.05) is 56.3 Å². The summed E-state index contributed by atoms with van der Waals surface area (Å²) in [5.41, 5.74) is 3.34. The third-order valence-corrected chi connectivity index (χ3v) is 6.74. The Bertz CT molecular complexity index is 1100. The molecule has 2 rings (SSSR count). The number of methoxy groups -OCH3 is 1. The number of anilines is 1. The molecule has 0 aliphatic carbocycles. The zero-order valence-electron chi connectivity index (χ0n) is 20.8. The van der Waals surface area contributed by atoms with Gasteiger partial charge in [-0.2, -0.15) is 0 Å². The van der Waals surface area contributed by atoms with E-state index >= 15 is 0 Å². The van der Waals surface area contributed by atoms with Crippen LogP contribution in [0.4, 0.5) is 5.69 Å². The molecule has 34 heavy (non-hydrogen) atoms. The van der Waals surface area contributed by atoms with Crippen molar-refractivity contribution < 1.29 is 22.7 Å². The molecule has 0 fully saturated rings. The maximum atomic E-state index is 13.2. The van der Waals surface area contributed by atoms with Crippen molar-refractivity contribution in [3.8, 4) is 5.75 Å². The van der Waals surface area contributed by atoms with Crippen LogP contribution < -0.4 is 14.4 Å². The predicted molar refractivity (Wildman–Crippen MR) is 134 cm³/mol. The van der Waals surface area contributed by atoms with Crippen molar-refractivity contribution in [3.05, 3.63) is 59.2 Å². The van der Waals surface area contributed by atoms with E-state index in [9.17, 15) is 18.0 Å². The first-order valence-electron chi connectivity index (χ1n) is 11.2. The van der Waals surface area contributed by atoms with Gasteiger partial charge in [-0.3, -0.25) is 13.9 Å². The third-order valence-electron chi connectivity index (χ3n) is 5.55. The number of carbonyl (C=O) groups excluding carboxylic acids is 2. The SMILES string of the molecule is CNC(=O)C(C)N(Cc1cccc(OC)c1)C(=O)CCCN(c1cc(C)cc(C)c1)S(C)(=O)=O. The molecule has 0 aliphatic rings. The summed E-state index contributed by atoms with van der Waals surface area (Å²) >= 11 is 0. The van der Waals surface area contributed by atoms with Crippen molar-refractivity contribution in [2.24, 2.45) is 0 Å². The number of nitrogens with zero attached hydrogens (tertiary/aromatic N) is 2. The van der Waals surface area contributed by atoms with Crippen LogP contribution in [-0.4, -0.2) is 58.1 Å². The van der Waals surface area contributed by atoms with Crippen LogP contribution in [0.25, 0.3) is 0 Å². The molecule has 9 heteroatoms. The highest BCUT2D eigenvalue weighted by molar-refractivity contribution is 7.92. The Kier molecular flexibility index (Phi) is 9.49. The van der Waals surface area contributed by atoms with Crippen LogP contribution >= 0.6 is 0 Å². The lowest BCUT2D eigenvalue weighted by molar-refractivity contribution is -0.140. The van der Waals surface area contributed by atoms with Crippen LogP contribution in [0.1, 0.15) is 36.5 Å². The summed E-state index contributed by atoms with van der Waals surface area (Å²) in [6.45, 7) is 5.90. The fourth-order valence-electron chi connectivity index (χ4n) is 3.86. The normalized spacial score (nSPS) is 12.1. The second-order valence-electron chi connectivity index (χ2n) is 8.45. The highest BCUT2D eigenvalue weighted by atomic mass is 32.2. The van der Waals surface area contributed by atoms with E-state index in [1.54, 1.807) is 14.0 Å². The minimum atomic E-state index is -3.53. The molecule has 1 N–H and O–H groups in total. The van der Waals surface area contributed by atoms with Gasteiger partial charge in [0, 0.05) is 26.6 Å². The summed E-state index contributed by atoms with van der Waals surface area (Å²) in [4.78, 5) is 27.0. The predicted octanol–water partition coefficient (Wildman–Crippen LogP) is 3.02. The van der Waals surface area contributed by atoms with Gasteiger partial charge in [-0.05, 0) is 68.1 Å². The molecular formula is C25H35N3O5S. The first-order valence-corrected chi connectivity index (χ1v) is 13.0. The molecule has 186 valence electrons. The number of rotatable bonds is 11. The topological polar surface area (TPSA) is 96.0 Å². The van der Waals surface area contributed by atoms with Gasteiger partial charge in [-0.1, -0.05) is 18.2 Å². The van der Waals surface area contributed by atoms with Crippen LogP contribution in [-0.2, 0) is 26.2 Å². The Labute approximate surface area is 202 Å². The van der Waals surface area contributed by atoms with E-state index < -0.39 is 16.1 Å². The summed E-state index contributed by atoms with van der Waals surface area (Å²) in [6, 6.07) is 12.3. The number of hydrogen-bond acceptors (Lipinski definition) is 5. The number of carbonyl (C=O) groups is 2. The number of nitrogens with one attached hydrogen (secondary N) is 1. The van der Waals surface area contributed by atoms with E-state index in [-0.39, 0.29) is 31.3 Å². The highest BCUT2D eigenvalue weighted by Gasteiger charge is 2.26. The lowest BCUT2D eigenvalue weighted by Crippen LogP contribution is -2.46. The number of aryl methyl sites for hydroxylation is 2. The van der Waals surface area contributed by atoms with Crippen LogP contribution in [0.5, 0.6) is 5.75 Å². The fraction of sp³-hybridized carbons (Fsp3) is 0.440. The van der Waals surface area contributed by atoms with Gasteiger partial charge in [0.05, 0.1) is 19.1 Å². The second kappa shape index (κ2) is 11.9. The summed E-state index contributed by atoms with van der Waals surface area (Å²) < 4.78 is 31.5. The van der Waals surface area contributed by atoms with Crippen molar-refractivity contribution in [2.45, 2.75) is 46.2 Å². The van der Waals surface area contributed by atoms with Crippen molar-refractivity contribution in [3.63, 3.8) is 0 Å². The van der Waals surface area contributed by atoms with Gasteiger partial charge in [-0.25, -0.2) is 8.42 Å². The molecule has 0 aliphatic heterocycles. The first-order chi connectivity index (χ1) is 16.0. The van der Waals surface area contributed by atoms with Gasteiger partial charge in [0.2, 0.25) is 21.8 Å². The summed E-state index contributed by atoms with van der Waals surface area (Å²) in [6.07, 6.45) is 1.57. The molecule has 0 spiro atoms. The zero-order valence-corrected chi connectivity index (χ0v) is 21.6. The average Bonchev–Trinajstić information content (AvgIpc) is 2.77. The summed E-state index contributed by atoms with van der Waals surface area (Å²) in [7, 11) is -0.433. The molecule has 1 atom stereocenters. The molecule has 2 aromatic rings. The smallest absolute Gasteiger partial charge is 0.242 e. The number of amides is 2. The molecule has 8 nitrogen and oxygen atoms in total. The molecule has 2 aromatic carbocycles. The minimum Gasteiger partial charge on any atom is -0.497 e. The van der Waals surface area contributed by atoms with Crippen LogP contribution in [0.2, 0.25) is 0 Å². The van der Waals surface area contributed by atoms with Gasteiger partial charge >= 0.3 is 0 Å². The van der Waals surface area contributed by atoms with E-state index in [0.29, 0.717) is 17.9 Å². The van der Waals surface area contributed by atoms with Gasteiger partial charge in [0.1, 0.15) is 11.8 Å². The number of likely N-dealkylation sites (N-methyl/N-ethyl adjacent to an activating group) is 1. The molecule has 0 aromatic heterocycles. The largest absolute Gasteiger partial charge is 0.497 e. The Balaban J connectivity index is 2.18. The second-order valence-corrected chi connectivity index (χ2v) is 10.4. The van der Waals surface area contributed by atoms with E-state index in [2.05, 4.69) is 5.32 Å². The van der Waals surface area contributed by atoms with Gasteiger partial charge in [0.25, 0.3) is 0 Å². The standard InChI is InChI=1S/C25H35N3O5S/c1-18-13-19(2)15-22(14-18)28(34(6,31)32)12-8-11-24(29)27(20(3)25(30)26-4)17-21-9-7-10-23(16-21)33-5/h7,9-10,13-16,20H,8,11-12,17H2,1-6H3,(H,26,30). The monoisotopic (exact) mass is 489 g/mol. The Hall–Kier alpha value is -3.07. The Morgan fingerprint density at radius 3 is 2.29 bits per heavy atom. The molecular weight excluding hydrogens is 454 g/mol. The number of hydrogen-bond donors (Lipinski definition) is 1. The molecule has 0 saturated carbocycles. The quantitative estimate of drug-likeness (QED) is 0.523. The molecule has 0 bridgehead atoms. The number of benzene rings is 2. The van der Waals surface area contributed by atoms with Crippen LogP contribution in [0.3, 0.4) is 0 Å². The van der Waals surface area contributed by atoms with Gasteiger partial charge in [0.15, 0.2) is 0 Å². The third kappa shape index (κ3) is 7.48. The zero-order chi connectivity index (χ0) is 25.5. The maximum absolute atomic E-state index is 13.2. The molecule has 1 unspecified atom stereocenters. The molecule has 0 heterocycles. The Morgan fingerprint density at radius 1 is 1.09 bits per heavy atom. The van der Waals surface area contributed by atoms with Gasteiger partial charge in [-0.15, -0.1) is 0 Å². The lowest BCUT2D eigenvalue weighted by Gasteiger charge is -2.29. The van der Waals surface area contributed by atoms with Crippen molar-refractivity contribution in [2.75, 3.05) is 31.3 Å². The van der Waals surface area contributed by atoms with Gasteiger partial charge < -0.3 is 15.0 Å². The summed E-state index contributed by atoms with van der Waals surface area (Å²) in [5, 5.41) is 2.59. The minimum absolute atomic E-state index is 0.0993. The average molecular weight is 490 g/mol. The molecule has 0 saturated heterocycles. The van der Waals surface area contributed by atoms with E-state index in [1.165, 1.54) is 16.3 Å². The molecule has 0 radical (unpaired) electrons. The van der Waals surface area contributed by atoms with Crippen molar-refractivity contribution >= 4 is 27.5 Å². The summed E-state index contributed by atoms with van der Waals surface area (Å²) in [5.74, 6) is 0.159.